The van der Waals surface area contributed by atoms with Gasteiger partial charge in [-0.3, -0.25) is 19.2 Å². The van der Waals surface area contributed by atoms with Crippen molar-refractivity contribution in [1.82, 2.24) is 21.3 Å². The number of amides is 2. The Bertz CT molecular complexity index is 752. The van der Waals surface area contributed by atoms with Crippen LogP contribution < -0.4 is 21.3 Å². The van der Waals surface area contributed by atoms with E-state index in [0.717, 1.165) is 74.6 Å². The van der Waals surface area contributed by atoms with E-state index in [1.165, 1.54) is 0 Å². The largest absolute Gasteiger partial charge is 0.466 e. The van der Waals surface area contributed by atoms with Crippen molar-refractivity contribution < 1.29 is 28.7 Å². The van der Waals surface area contributed by atoms with Crippen molar-refractivity contribution >= 4 is 47.3 Å². The van der Waals surface area contributed by atoms with Gasteiger partial charge in [-0.2, -0.15) is 23.5 Å². The molecule has 0 fully saturated rings. The first-order valence-electron chi connectivity index (χ1n) is 17.2. The first kappa shape index (κ1) is 44.5. The second-order valence-corrected chi connectivity index (χ2v) is 16.4. The Balaban J connectivity index is 3.39. The number of hydrogen-bond acceptors (Lipinski definition) is 10. The first-order chi connectivity index (χ1) is 21.8. The predicted molar refractivity (Wildman–Crippen MR) is 193 cm³/mol. The number of ether oxygens (including phenoxy) is 2. The zero-order valence-electron chi connectivity index (χ0n) is 29.8. The molecule has 46 heavy (non-hydrogen) atoms. The zero-order chi connectivity index (χ0) is 34.5. The number of nitrogens with one attached hydrogen (secondary N) is 4. The Morgan fingerprint density at radius 1 is 0.500 bits per heavy atom. The fourth-order valence-corrected chi connectivity index (χ4v) is 5.64. The van der Waals surface area contributed by atoms with E-state index in [0.29, 0.717) is 65.1 Å². The third-order valence-corrected chi connectivity index (χ3v) is 8.88. The summed E-state index contributed by atoms with van der Waals surface area (Å²) in [5.74, 6) is 3.35. The van der Waals surface area contributed by atoms with E-state index in [2.05, 4.69) is 62.8 Å². The molecule has 4 N–H and O–H groups in total. The highest BCUT2D eigenvalue weighted by molar-refractivity contribution is 7.99. The lowest BCUT2D eigenvalue weighted by Crippen LogP contribution is -2.37. The van der Waals surface area contributed by atoms with Crippen LogP contribution >= 0.6 is 23.5 Å². The molecule has 0 aromatic heterocycles. The third-order valence-electron chi connectivity index (χ3n) is 6.74. The van der Waals surface area contributed by atoms with Gasteiger partial charge >= 0.3 is 11.9 Å². The molecule has 0 aliphatic heterocycles. The monoisotopic (exact) mass is 690 g/mol. The minimum Gasteiger partial charge on any atom is -0.466 e. The molecule has 10 nitrogen and oxygen atoms in total. The summed E-state index contributed by atoms with van der Waals surface area (Å²) in [5.41, 5.74) is 0.353. The number of unbranched alkanes of at least 4 members (excludes halogenated alkanes) is 2. The molecule has 2 amide bonds. The fourth-order valence-electron chi connectivity index (χ4n) is 3.75. The van der Waals surface area contributed by atoms with Gasteiger partial charge in [0.25, 0.3) is 0 Å². The summed E-state index contributed by atoms with van der Waals surface area (Å²) in [5, 5.41) is 12.5. The van der Waals surface area contributed by atoms with Gasteiger partial charge in [-0.05, 0) is 60.9 Å². The van der Waals surface area contributed by atoms with Crippen molar-refractivity contribution in [3.63, 3.8) is 0 Å². The van der Waals surface area contributed by atoms with Gasteiger partial charge in [-0.1, -0.05) is 41.5 Å². The molecule has 0 heterocycles. The molecule has 0 aromatic rings. The van der Waals surface area contributed by atoms with Gasteiger partial charge in [0.15, 0.2) is 0 Å². The van der Waals surface area contributed by atoms with Crippen LogP contribution in [-0.2, 0) is 28.7 Å². The van der Waals surface area contributed by atoms with Crippen molar-refractivity contribution in [3.8, 4) is 0 Å². The molecule has 0 bridgehead atoms. The molecule has 0 unspecified atom stereocenters. The zero-order valence-corrected chi connectivity index (χ0v) is 31.5. The average Bonchev–Trinajstić information content (AvgIpc) is 2.95. The van der Waals surface area contributed by atoms with E-state index in [4.69, 9.17) is 9.47 Å². The highest BCUT2D eigenvalue weighted by Crippen LogP contribution is 2.19. The number of rotatable bonds is 29. The molecule has 0 atom stereocenters. The first-order valence-corrected chi connectivity index (χ1v) is 19.5. The highest BCUT2D eigenvalue weighted by atomic mass is 32.2. The van der Waals surface area contributed by atoms with Gasteiger partial charge in [0.1, 0.15) is 0 Å². The van der Waals surface area contributed by atoms with Crippen LogP contribution in [0.2, 0.25) is 0 Å². The van der Waals surface area contributed by atoms with E-state index in [1.807, 2.05) is 0 Å². The number of carbonyl (C=O) groups excluding carboxylic acids is 4. The summed E-state index contributed by atoms with van der Waals surface area (Å²) in [6.07, 6.45) is 7.22. The van der Waals surface area contributed by atoms with Crippen LogP contribution in [0.3, 0.4) is 0 Å². The second-order valence-electron chi connectivity index (χ2n) is 13.9. The molecule has 12 heteroatoms. The number of hydrogen-bond donors (Lipinski definition) is 4. The summed E-state index contributed by atoms with van der Waals surface area (Å²) in [6, 6.07) is 0. The van der Waals surface area contributed by atoms with Gasteiger partial charge in [0.2, 0.25) is 11.8 Å². The van der Waals surface area contributed by atoms with Crippen molar-refractivity contribution in [3.05, 3.63) is 0 Å². The Labute approximate surface area is 288 Å². The van der Waals surface area contributed by atoms with Crippen LogP contribution in [-0.4, -0.2) is 99.2 Å². The van der Waals surface area contributed by atoms with Crippen molar-refractivity contribution in [2.24, 2.45) is 10.8 Å². The number of carbonyl (C=O) groups is 4. The molecule has 270 valence electrons. The van der Waals surface area contributed by atoms with Gasteiger partial charge in [0.05, 0.1) is 13.2 Å². The lowest BCUT2D eigenvalue weighted by molar-refractivity contribution is -0.145. The summed E-state index contributed by atoms with van der Waals surface area (Å²) in [7, 11) is 0. The molecular formula is C34H66N4O6S2. The van der Waals surface area contributed by atoms with Crippen LogP contribution in [0.25, 0.3) is 0 Å². The van der Waals surface area contributed by atoms with E-state index < -0.39 is 0 Å². The maximum atomic E-state index is 12.0. The van der Waals surface area contributed by atoms with E-state index >= 15 is 0 Å². The molecule has 0 saturated heterocycles. The smallest absolute Gasteiger partial charge is 0.305 e. The lowest BCUT2D eigenvalue weighted by Gasteiger charge is -2.17. The molecule has 0 aliphatic rings. The minimum atomic E-state index is -0.115. The van der Waals surface area contributed by atoms with Gasteiger partial charge in [-0.25, -0.2) is 0 Å². The van der Waals surface area contributed by atoms with Crippen molar-refractivity contribution in [1.29, 1.82) is 0 Å². The summed E-state index contributed by atoms with van der Waals surface area (Å²) in [4.78, 5) is 47.4. The molecular weight excluding hydrogens is 625 g/mol. The lowest BCUT2D eigenvalue weighted by atomic mass is 9.93. The van der Waals surface area contributed by atoms with E-state index in [1.54, 1.807) is 23.5 Å². The minimum absolute atomic E-state index is 0.0630. The average molecular weight is 691 g/mol. The van der Waals surface area contributed by atoms with Crippen LogP contribution in [0, 0.1) is 10.8 Å². The Morgan fingerprint density at radius 2 is 0.870 bits per heavy atom. The van der Waals surface area contributed by atoms with Crippen molar-refractivity contribution in [2.45, 2.75) is 106 Å². The number of esters is 2. The SMILES string of the molecule is CC(C)(C)CCOC(=O)CCCCSCCC(=O)NCCNCCNCCNC(=O)CCSCCCCC(=O)OCCC(C)(C)C. The van der Waals surface area contributed by atoms with Crippen LogP contribution in [0.5, 0.6) is 0 Å². The second kappa shape index (κ2) is 28.5. The molecule has 0 aliphatic carbocycles. The standard InChI is InChI=1S/C34H66N4O6S2/c1-33(2,3)15-23-43-31(41)11-7-9-25-45-27-13-29(39)37-21-19-35-17-18-36-20-22-38-30(40)14-28-46-26-10-8-12-32(42)44-24-16-34(4,5)6/h35-36H,7-28H2,1-6H3,(H,37,39)(H,38,40). The van der Waals surface area contributed by atoms with Crippen molar-refractivity contribution in [2.75, 3.05) is 75.5 Å². The quantitative estimate of drug-likeness (QED) is 0.0632. The fraction of sp³-hybridized carbons (Fsp3) is 0.882. The van der Waals surface area contributed by atoms with E-state index in [9.17, 15) is 19.2 Å². The maximum Gasteiger partial charge on any atom is 0.305 e. The summed E-state index contributed by atoms with van der Waals surface area (Å²) >= 11 is 3.49. The molecule has 0 aromatic carbocycles. The molecule has 0 radical (unpaired) electrons. The maximum absolute atomic E-state index is 12.0. The topological polar surface area (TPSA) is 135 Å². The highest BCUT2D eigenvalue weighted by Gasteiger charge is 2.12. The Kier molecular flexibility index (Phi) is 27.6. The number of thioether (sulfide) groups is 2. The Morgan fingerprint density at radius 3 is 1.24 bits per heavy atom. The van der Waals surface area contributed by atoms with E-state index in [-0.39, 0.29) is 34.6 Å². The van der Waals surface area contributed by atoms with Crippen LogP contribution in [0.1, 0.15) is 106 Å². The summed E-state index contributed by atoms with van der Waals surface area (Å²) < 4.78 is 10.6. The summed E-state index contributed by atoms with van der Waals surface area (Å²) in [6.45, 7) is 18.0. The Hall–Kier alpha value is -1.50. The third kappa shape index (κ3) is 35.4. The molecule has 0 rings (SSSR count). The van der Waals surface area contributed by atoms with Gasteiger partial charge in [0, 0.05) is 76.5 Å². The molecule has 0 saturated carbocycles. The molecule has 0 spiro atoms. The normalized spacial score (nSPS) is 11.7. The van der Waals surface area contributed by atoms with Crippen LogP contribution in [0.4, 0.5) is 0 Å². The predicted octanol–water partition coefficient (Wildman–Crippen LogP) is 4.94. The van der Waals surface area contributed by atoms with Gasteiger partial charge < -0.3 is 30.7 Å². The van der Waals surface area contributed by atoms with Crippen LogP contribution in [0.15, 0.2) is 0 Å². The van der Waals surface area contributed by atoms with Gasteiger partial charge in [-0.15, -0.1) is 0 Å².